The quantitative estimate of drug-likeness (QED) is 0.872. The Balaban J connectivity index is 0.00000162. The molecule has 0 saturated carbocycles. The van der Waals surface area contributed by atoms with Gasteiger partial charge in [-0.15, -0.1) is 12.4 Å². The van der Waals surface area contributed by atoms with Gasteiger partial charge < -0.3 is 20.5 Å². The van der Waals surface area contributed by atoms with Gasteiger partial charge in [0.25, 0.3) is 0 Å². The molecule has 1 amide bonds. The van der Waals surface area contributed by atoms with E-state index >= 15 is 0 Å². The molecule has 0 radical (unpaired) electrons. The fourth-order valence-electron chi connectivity index (χ4n) is 1.61. The maximum atomic E-state index is 11.5. The number of carbonyl (C=O) groups excluding carboxylic acids is 1. The molecule has 0 aliphatic carbocycles. The second-order valence-electron chi connectivity index (χ2n) is 3.80. The van der Waals surface area contributed by atoms with Crippen molar-refractivity contribution in [3.05, 3.63) is 18.2 Å². The van der Waals surface area contributed by atoms with Crippen molar-refractivity contribution in [2.75, 3.05) is 25.1 Å². The van der Waals surface area contributed by atoms with Crippen molar-refractivity contribution in [1.29, 1.82) is 0 Å². The molecule has 1 aliphatic rings. The first-order valence-electron chi connectivity index (χ1n) is 5.69. The summed E-state index contributed by atoms with van der Waals surface area (Å²) in [5, 5.41) is 2.80. The third kappa shape index (κ3) is 3.78. The topological polar surface area (TPSA) is 73.6 Å². The molecule has 3 N–H and O–H groups in total. The van der Waals surface area contributed by atoms with Gasteiger partial charge in [0.1, 0.15) is 13.2 Å². The highest BCUT2D eigenvalue weighted by Gasteiger charge is 2.12. The summed E-state index contributed by atoms with van der Waals surface area (Å²) in [4.78, 5) is 11.5. The molecule has 0 saturated heterocycles. The summed E-state index contributed by atoms with van der Waals surface area (Å²) in [5.41, 5.74) is 6.06. The Morgan fingerprint density at radius 1 is 1.28 bits per heavy atom. The number of amides is 1. The van der Waals surface area contributed by atoms with Crippen molar-refractivity contribution in [1.82, 2.24) is 0 Å². The van der Waals surface area contributed by atoms with Crippen LogP contribution in [0.5, 0.6) is 11.5 Å². The molecular weight excluding hydrogens is 256 g/mol. The van der Waals surface area contributed by atoms with Crippen LogP contribution in [0.3, 0.4) is 0 Å². The molecular formula is C12H17ClN2O3. The van der Waals surface area contributed by atoms with E-state index in [1.807, 2.05) is 0 Å². The van der Waals surface area contributed by atoms with Gasteiger partial charge in [0.2, 0.25) is 5.91 Å². The van der Waals surface area contributed by atoms with Crippen LogP contribution in [0.15, 0.2) is 18.2 Å². The predicted octanol–water partition coefficient (Wildman–Crippen LogP) is 1.56. The summed E-state index contributed by atoms with van der Waals surface area (Å²) in [7, 11) is 0. The lowest BCUT2D eigenvalue weighted by Gasteiger charge is -2.19. The molecule has 0 unspecified atom stereocenters. The van der Waals surface area contributed by atoms with Crippen molar-refractivity contribution in [2.45, 2.75) is 12.8 Å². The third-order valence-corrected chi connectivity index (χ3v) is 2.43. The van der Waals surface area contributed by atoms with E-state index in [0.29, 0.717) is 38.3 Å². The number of anilines is 1. The van der Waals surface area contributed by atoms with Crippen LogP contribution in [-0.2, 0) is 4.79 Å². The maximum absolute atomic E-state index is 11.5. The number of rotatable bonds is 4. The number of ether oxygens (including phenoxy) is 2. The number of carbonyl (C=O) groups is 1. The van der Waals surface area contributed by atoms with Crippen LogP contribution >= 0.6 is 12.4 Å². The summed E-state index contributed by atoms with van der Waals surface area (Å²) < 4.78 is 10.8. The average Bonchev–Trinajstić information content (AvgIpc) is 2.36. The third-order valence-electron chi connectivity index (χ3n) is 2.43. The largest absolute Gasteiger partial charge is 0.486 e. The second-order valence-corrected chi connectivity index (χ2v) is 3.80. The van der Waals surface area contributed by atoms with Crippen LogP contribution in [0.1, 0.15) is 12.8 Å². The van der Waals surface area contributed by atoms with Gasteiger partial charge in [0.05, 0.1) is 0 Å². The van der Waals surface area contributed by atoms with Crippen LogP contribution in [0.4, 0.5) is 5.69 Å². The van der Waals surface area contributed by atoms with Gasteiger partial charge in [0.15, 0.2) is 11.5 Å². The Hall–Kier alpha value is -1.46. The highest BCUT2D eigenvalue weighted by atomic mass is 35.5. The van der Waals surface area contributed by atoms with Gasteiger partial charge in [-0.1, -0.05) is 0 Å². The number of hydrogen-bond donors (Lipinski definition) is 2. The smallest absolute Gasteiger partial charge is 0.224 e. The molecule has 18 heavy (non-hydrogen) atoms. The van der Waals surface area contributed by atoms with Gasteiger partial charge in [0, 0.05) is 18.2 Å². The van der Waals surface area contributed by atoms with Crippen LogP contribution < -0.4 is 20.5 Å². The summed E-state index contributed by atoms with van der Waals surface area (Å²) in [6, 6.07) is 5.37. The number of halogens is 1. The molecule has 100 valence electrons. The average molecular weight is 273 g/mol. The van der Waals surface area contributed by atoms with Gasteiger partial charge in [-0.3, -0.25) is 4.79 Å². The number of nitrogens with one attached hydrogen (secondary N) is 1. The van der Waals surface area contributed by atoms with Crippen LogP contribution in [0.2, 0.25) is 0 Å². The first kappa shape index (κ1) is 14.6. The molecule has 6 heteroatoms. The lowest BCUT2D eigenvalue weighted by atomic mass is 10.2. The van der Waals surface area contributed by atoms with E-state index in [1.165, 1.54) is 0 Å². The Morgan fingerprint density at radius 3 is 2.72 bits per heavy atom. The van der Waals surface area contributed by atoms with E-state index in [9.17, 15) is 4.79 Å². The van der Waals surface area contributed by atoms with Gasteiger partial charge in [-0.05, 0) is 25.1 Å². The van der Waals surface area contributed by atoms with Gasteiger partial charge >= 0.3 is 0 Å². The summed E-state index contributed by atoms with van der Waals surface area (Å²) >= 11 is 0. The number of benzene rings is 1. The zero-order valence-electron chi connectivity index (χ0n) is 9.98. The molecule has 0 spiro atoms. The molecule has 5 nitrogen and oxygen atoms in total. The first-order chi connectivity index (χ1) is 8.29. The first-order valence-corrected chi connectivity index (χ1v) is 5.69. The highest BCUT2D eigenvalue weighted by Crippen LogP contribution is 2.32. The molecule has 0 bridgehead atoms. The normalized spacial score (nSPS) is 12.5. The molecule has 0 fully saturated rings. The molecule has 0 atom stereocenters. The van der Waals surface area contributed by atoms with Crippen molar-refractivity contribution in [2.24, 2.45) is 5.73 Å². The minimum Gasteiger partial charge on any atom is -0.486 e. The lowest BCUT2D eigenvalue weighted by Crippen LogP contribution is -2.16. The molecule has 2 rings (SSSR count). The monoisotopic (exact) mass is 272 g/mol. The minimum absolute atomic E-state index is 0. The number of hydrogen-bond acceptors (Lipinski definition) is 4. The lowest BCUT2D eigenvalue weighted by molar-refractivity contribution is -0.116. The minimum atomic E-state index is -0.0351. The zero-order valence-corrected chi connectivity index (χ0v) is 10.8. The fraction of sp³-hybridized carbons (Fsp3) is 0.417. The van der Waals surface area contributed by atoms with E-state index in [-0.39, 0.29) is 18.3 Å². The van der Waals surface area contributed by atoms with Gasteiger partial charge in [-0.25, -0.2) is 0 Å². The Kier molecular flexibility index (Phi) is 5.74. The Bertz CT molecular complexity index is 412. The van der Waals surface area contributed by atoms with E-state index in [2.05, 4.69) is 5.32 Å². The van der Waals surface area contributed by atoms with E-state index in [4.69, 9.17) is 15.2 Å². The van der Waals surface area contributed by atoms with Gasteiger partial charge in [-0.2, -0.15) is 0 Å². The van der Waals surface area contributed by atoms with E-state index in [1.54, 1.807) is 18.2 Å². The summed E-state index contributed by atoms with van der Waals surface area (Å²) in [6.07, 6.45) is 1.13. The van der Waals surface area contributed by atoms with E-state index < -0.39 is 0 Å². The Labute approximate surface area is 112 Å². The van der Waals surface area contributed by atoms with Crippen LogP contribution in [0.25, 0.3) is 0 Å². The van der Waals surface area contributed by atoms with Crippen LogP contribution in [0, 0.1) is 0 Å². The second kappa shape index (κ2) is 7.08. The standard InChI is InChI=1S/C12H16N2O3.ClH/c13-5-1-2-12(15)14-9-3-4-10-11(8-9)17-7-6-16-10;/h3-4,8H,1-2,5-7,13H2,(H,14,15);1H. The molecule has 1 aromatic rings. The maximum Gasteiger partial charge on any atom is 0.224 e. The highest BCUT2D eigenvalue weighted by molar-refractivity contribution is 5.91. The molecule has 1 heterocycles. The Morgan fingerprint density at radius 2 is 2.00 bits per heavy atom. The molecule has 1 aliphatic heterocycles. The van der Waals surface area contributed by atoms with E-state index in [0.717, 1.165) is 11.4 Å². The number of fused-ring (bicyclic) bond motifs is 1. The fourth-order valence-corrected chi connectivity index (χ4v) is 1.61. The van der Waals surface area contributed by atoms with Crippen molar-refractivity contribution in [3.8, 4) is 11.5 Å². The predicted molar refractivity (Wildman–Crippen MR) is 71.6 cm³/mol. The zero-order chi connectivity index (χ0) is 12.1. The molecule has 1 aromatic carbocycles. The number of nitrogens with two attached hydrogens (primary N) is 1. The summed E-state index contributed by atoms with van der Waals surface area (Å²) in [5.74, 6) is 1.36. The van der Waals surface area contributed by atoms with Crippen molar-refractivity contribution < 1.29 is 14.3 Å². The van der Waals surface area contributed by atoms with Crippen LogP contribution in [-0.4, -0.2) is 25.7 Å². The summed E-state index contributed by atoms with van der Waals surface area (Å²) in [6.45, 7) is 1.63. The van der Waals surface area contributed by atoms with Crippen molar-refractivity contribution >= 4 is 24.0 Å². The van der Waals surface area contributed by atoms with Crippen molar-refractivity contribution in [3.63, 3.8) is 0 Å². The molecule has 0 aromatic heterocycles. The SMILES string of the molecule is Cl.NCCCC(=O)Nc1ccc2c(c1)OCCO2.